The number of carbonyl (C=O) groups is 1. The molecule has 0 spiro atoms. The fourth-order valence-corrected chi connectivity index (χ4v) is 2.28. The van der Waals surface area contributed by atoms with Gasteiger partial charge in [-0.05, 0) is 18.8 Å². The van der Waals surface area contributed by atoms with Crippen LogP contribution >= 0.6 is 0 Å². The van der Waals surface area contributed by atoms with Gasteiger partial charge in [0.05, 0.1) is 12.6 Å². The number of hydrogen-bond acceptors (Lipinski definition) is 4. The van der Waals surface area contributed by atoms with Crippen LogP contribution in [0.4, 0.5) is 0 Å². The molecule has 0 radical (unpaired) electrons. The second-order valence-electron chi connectivity index (χ2n) is 5.49. The van der Waals surface area contributed by atoms with Gasteiger partial charge in [-0.15, -0.1) is 0 Å². The second-order valence-corrected chi connectivity index (χ2v) is 5.49. The van der Waals surface area contributed by atoms with Gasteiger partial charge in [-0.2, -0.15) is 5.26 Å². The van der Waals surface area contributed by atoms with E-state index in [4.69, 9.17) is 10.00 Å². The van der Waals surface area contributed by atoms with Crippen molar-refractivity contribution in [3.63, 3.8) is 0 Å². The zero-order valence-electron chi connectivity index (χ0n) is 12.0. The molecule has 1 saturated heterocycles. The highest BCUT2D eigenvalue weighted by atomic mass is 16.5. The van der Waals surface area contributed by atoms with E-state index in [1.807, 2.05) is 0 Å². The molecule has 1 rings (SSSR count). The van der Waals surface area contributed by atoms with Crippen molar-refractivity contribution in [2.45, 2.75) is 39.2 Å². The molecule has 1 aliphatic heterocycles. The van der Waals surface area contributed by atoms with E-state index in [9.17, 15) is 4.79 Å². The summed E-state index contributed by atoms with van der Waals surface area (Å²) in [7, 11) is 0. The van der Waals surface area contributed by atoms with E-state index >= 15 is 0 Å². The lowest BCUT2D eigenvalue weighted by molar-refractivity contribution is -0.123. The molecule has 19 heavy (non-hydrogen) atoms. The molecule has 0 aromatic heterocycles. The molecule has 1 aliphatic rings. The van der Waals surface area contributed by atoms with Crippen LogP contribution in [0.1, 0.15) is 33.1 Å². The molecule has 1 amide bonds. The van der Waals surface area contributed by atoms with Gasteiger partial charge in [0.15, 0.2) is 0 Å². The largest absolute Gasteiger partial charge is 0.381 e. The van der Waals surface area contributed by atoms with Crippen molar-refractivity contribution in [2.75, 3.05) is 32.8 Å². The molecular weight excluding hydrogens is 242 g/mol. The number of rotatable bonds is 7. The maximum atomic E-state index is 12.0. The van der Waals surface area contributed by atoms with E-state index in [0.717, 1.165) is 32.6 Å². The van der Waals surface area contributed by atoms with Crippen LogP contribution in [0.3, 0.4) is 0 Å². The van der Waals surface area contributed by atoms with Crippen LogP contribution in [0.15, 0.2) is 0 Å². The third-order valence-corrected chi connectivity index (χ3v) is 3.12. The van der Waals surface area contributed by atoms with Gasteiger partial charge in [-0.25, -0.2) is 0 Å². The molecule has 1 N–H and O–H groups in total. The monoisotopic (exact) mass is 267 g/mol. The van der Waals surface area contributed by atoms with E-state index in [-0.39, 0.29) is 11.9 Å². The Kier molecular flexibility index (Phi) is 7.46. The maximum absolute atomic E-state index is 12.0. The number of carbonyl (C=O) groups excluding carboxylic acids is 1. The Morgan fingerprint density at radius 3 is 2.74 bits per heavy atom. The van der Waals surface area contributed by atoms with Gasteiger partial charge >= 0.3 is 0 Å². The van der Waals surface area contributed by atoms with Crippen molar-refractivity contribution in [2.24, 2.45) is 5.92 Å². The Balaban J connectivity index is 2.34. The average molecular weight is 267 g/mol. The number of nitrogens with zero attached hydrogens (tertiary/aromatic N) is 2. The third-order valence-electron chi connectivity index (χ3n) is 3.12. The Hall–Kier alpha value is -1.12. The van der Waals surface area contributed by atoms with E-state index in [0.29, 0.717) is 25.4 Å². The SMILES string of the molecule is CC(C)CN(CCC#N)CC(=O)NC1CCOCC1. The number of nitriles is 1. The lowest BCUT2D eigenvalue weighted by Crippen LogP contribution is -2.45. The minimum absolute atomic E-state index is 0.0606. The van der Waals surface area contributed by atoms with Crippen molar-refractivity contribution in [3.8, 4) is 6.07 Å². The van der Waals surface area contributed by atoms with E-state index < -0.39 is 0 Å². The fraction of sp³-hybridized carbons (Fsp3) is 0.857. The fourth-order valence-electron chi connectivity index (χ4n) is 2.28. The van der Waals surface area contributed by atoms with E-state index in [2.05, 4.69) is 30.1 Å². The molecular formula is C14H25N3O2. The summed E-state index contributed by atoms with van der Waals surface area (Å²) in [5, 5.41) is 11.7. The summed E-state index contributed by atoms with van der Waals surface area (Å²) in [6, 6.07) is 2.38. The van der Waals surface area contributed by atoms with Gasteiger partial charge in [0.1, 0.15) is 0 Å². The minimum atomic E-state index is 0.0606. The number of hydrogen-bond donors (Lipinski definition) is 1. The minimum Gasteiger partial charge on any atom is -0.381 e. The molecule has 5 heteroatoms. The van der Waals surface area contributed by atoms with E-state index in [1.54, 1.807) is 0 Å². The van der Waals surface area contributed by atoms with Crippen molar-refractivity contribution >= 4 is 5.91 Å². The molecule has 5 nitrogen and oxygen atoms in total. The molecule has 0 atom stereocenters. The van der Waals surface area contributed by atoms with Crippen LogP contribution in [0.2, 0.25) is 0 Å². The van der Waals surface area contributed by atoms with Gasteiger partial charge in [-0.1, -0.05) is 13.8 Å². The lowest BCUT2D eigenvalue weighted by atomic mass is 10.1. The first-order valence-electron chi connectivity index (χ1n) is 7.08. The molecule has 0 saturated carbocycles. The summed E-state index contributed by atoms with van der Waals surface area (Å²) < 4.78 is 5.27. The van der Waals surface area contributed by atoms with Crippen molar-refractivity contribution in [3.05, 3.63) is 0 Å². The maximum Gasteiger partial charge on any atom is 0.234 e. The highest BCUT2D eigenvalue weighted by Crippen LogP contribution is 2.06. The molecule has 0 aliphatic carbocycles. The number of amides is 1. The quantitative estimate of drug-likeness (QED) is 0.751. The third kappa shape index (κ3) is 7.14. The molecule has 0 aromatic rings. The van der Waals surface area contributed by atoms with Gasteiger partial charge in [-0.3, -0.25) is 9.69 Å². The van der Waals surface area contributed by atoms with Crippen LogP contribution in [0, 0.1) is 17.2 Å². The Bertz CT molecular complexity index is 306. The Morgan fingerprint density at radius 1 is 1.47 bits per heavy atom. The molecule has 0 bridgehead atoms. The predicted molar refractivity (Wildman–Crippen MR) is 73.5 cm³/mol. The van der Waals surface area contributed by atoms with Crippen molar-refractivity contribution in [1.82, 2.24) is 10.2 Å². The summed E-state index contributed by atoms with van der Waals surface area (Å²) in [5.74, 6) is 0.556. The van der Waals surface area contributed by atoms with Crippen LogP contribution in [0.5, 0.6) is 0 Å². The van der Waals surface area contributed by atoms with Gasteiger partial charge < -0.3 is 10.1 Å². The van der Waals surface area contributed by atoms with E-state index in [1.165, 1.54) is 0 Å². The Labute approximate surface area is 115 Å². The zero-order valence-corrected chi connectivity index (χ0v) is 12.0. The van der Waals surface area contributed by atoms with Crippen LogP contribution in [-0.2, 0) is 9.53 Å². The highest BCUT2D eigenvalue weighted by Gasteiger charge is 2.18. The first-order chi connectivity index (χ1) is 9.11. The van der Waals surface area contributed by atoms with Crippen molar-refractivity contribution < 1.29 is 9.53 Å². The first kappa shape index (κ1) is 15.9. The lowest BCUT2D eigenvalue weighted by Gasteiger charge is -2.26. The smallest absolute Gasteiger partial charge is 0.234 e. The van der Waals surface area contributed by atoms with Crippen LogP contribution < -0.4 is 5.32 Å². The normalized spacial score (nSPS) is 16.6. The zero-order chi connectivity index (χ0) is 14.1. The van der Waals surface area contributed by atoms with Crippen LogP contribution in [-0.4, -0.2) is 49.7 Å². The topological polar surface area (TPSA) is 65.4 Å². The Morgan fingerprint density at radius 2 is 2.16 bits per heavy atom. The molecule has 1 heterocycles. The average Bonchev–Trinajstić information content (AvgIpc) is 2.36. The molecule has 0 aromatic carbocycles. The van der Waals surface area contributed by atoms with Gasteiger partial charge in [0.25, 0.3) is 0 Å². The summed E-state index contributed by atoms with van der Waals surface area (Å²) in [6.07, 6.45) is 2.26. The molecule has 108 valence electrons. The van der Waals surface area contributed by atoms with Gasteiger partial charge in [0.2, 0.25) is 5.91 Å². The molecule has 0 unspecified atom stereocenters. The number of ether oxygens (including phenoxy) is 1. The summed E-state index contributed by atoms with van der Waals surface area (Å²) in [5.41, 5.74) is 0. The standard InChI is InChI=1S/C14H25N3O2/c1-12(2)10-17(7-3-6-15)11-14(18)16-13-4-8-19-9-5-13/h12-13H,3-5,7-11H2,1-2H3,(H,16,18). The highest BCUT2D eigenvalue weighted by molar-refractivity contribution is 5.78. The summed E-state index contributed by atoms with van der Waals surface area (Å²) >= 11 is 0. The van der Waals surface area contributed by atoms with Gasteiger partial charge in [0, 0.05) is 38.8 Å². The number of nitrogens with one attached hydrogen (secondary N) is 1. The predicted octanol–water partition coefficient (Wildman–Crippen LogP) is 1.15. The first-order valence-corrected chi connectivity index (χ1v) is 7.08. The second kappa shape index (κ2) is 8.89. The summed E-state index contributed by atoms with van der Waals surface area (Å²) in [4.78, 5) is 14.0. The van der Waals surface area contributed by atoms with Crippen molar-refractivity contribution in [1.29, 1.82) is 5.26 Å². The molecule has 1 fully saturated rings. The van der Waals surface area contributed by atoms with Crippen LogP contribution in [0.25, 0.3) is 0 Å². The summed E-state index contributed by atoms with van der Waals surface area (Å²) in [6.45, 7) is 7.60.